The van der Waals surface area contributed by atoms with E-state index >= 15 is 0 Å². The predicted octanol–water partition coefficient (Wildman–Crippen LogP) is 7.16. The van der Waals surface area contributed by atoms with Gasteiger partial charge >= 0.3 is 6.36 Å². The summed E-state index contributed by atoms with van der Waals surface area (Å²) >= 11 is 0. The Labute approximate surface area is 173 Å². The minimum atomic E-state index is -4.92. The zero-order valence-corrected chi connectivity index (χ0v) is 16.8. The van der Waals surface area contributed by atoms with Crippen molar-refractivity contribution >= 4 is 17.1 Å². The van der Waals surface area contributed by atoms with Gasteiger partial charge in [-0.3, -0.25) is 0 Å². The number of ether oxygens (including phenoxy) is 1. The summed E-state index contributed by atoms with van der Waals surface area (Å²) in [5, 5.41) is 0.731. The smallest absolute Gasteiger partial charge is 0.403 e. The third kappa shape index (κ3) is 4.62. The topological polar surface area (TPSA) is 26.3 Å². The highest BCUT2D eigenvalue weighted by atomic mass is 19.4. The number of hydrogen-bond donors (Lipinski definition) is 0. The summed E-state index contributed by atoms with van der Waals surface area (Å²) in [5.74, 6) is 0.302. The third-order valence-corrected chi connectivity index (χ3v) is 7.09. The van der Waals surface area contributed by atoms with Gasteiger partial charge in [-0.2, -0.15) is 0 Å². The molecule has 2 aliphatic carbocycles. The summed E-state index contributed by atoms with van der Waals surface area (Å²) in [5.41, 5.74) is 1.12. The van der Waals surface area contributed by atoms with Crippen LogP contribution in [-0.2, 0) is 4.79 Å². The molecule has 0 N–H and O–H groups in total. The standard InChI is InChI=1S/C24H26F4O2/c25-23-21-11-9-19(13-20(21)10-12-22(23)30-24(26,27)28)18-7-5-17(6-8-18)16-3-1-15(14-29)2-4-16/h9-18H,1-8H2/t15-,16-,17-,18-. The fourth-order valence-corrected chi connectivity index (χ4v) is 5.42. The molecule has 2 saturated carbocycles. The number of benzene rings is 2. The minimum Gasteiger partial charge on any atom is -0.403 e. The SMILES string of the molecule is O=C[C@H]1CC[C@H]([C@H]2CC[C@H](c3ccc4c(F)c(OC(F)(F)F)ccc4c3)CC2)CC1. The van der Waals surface area contributed by atoms with Gasteiger partial charge in [-0.15, -0.1) is 13.2 Å². The number of alkyl halides is 3. The number of halogens is 4. The second-order valence-electron chi connectivity index (χ2n) is 8.83. The van der Waals surface area contributed by atoms with Crippen LogP contribution >= 0.6 is 0 Å². The number of aldehydes is 1. The maximum atomic E-state index is 14.4. The monoisotopic (exact) mass is 422 g/mol. The van der Waals surface area contributed by atoms with Crippen molar-refractivity contribution in [3.05, 3.63) is 41.7 Å². The average Bonchev–Trinajstić information content (AvgIpc) is 2.75. The van der Waals surface area contributed by atoms with Crippen LogP contribution in [0.5, 0.6) is 5.75 Å². The summed E-state index contributed by atoms with van der Waals surface area (Å²) in [6, 6.07) is 7.83. The van der Waals surface area contributed by atoms with Gasteiger partial charge in [-0.1, -0.05) is 24.3 Å². The lowest BCUT2D eigenvalue weighted by atomic mass is 9.68. The zero-order chi connectivity index (χ0) is 21.3. The molecule has 2 aromatic carbocycles. The number of fused-ring (bicyclic) bond motifs is 1. The maximum absolute atomic E-state index is 14.4. The van der Waals surface area contributed by atoms with E-state index in [-0.39, 0.29) is 11.3 Å². The molecule has 0 aromatic heterocycles. The Bertz CT molecular complexity index is 892. The zero-order valence-electron chi connectivity index (χ0n) is 16.8. The Morgan fingerprint density at radius 3 is 2.10 bits per heavy atom. The van der Waals surface area contributed by atoms with E-state index in [0.717, 1.165) is 75.2 Å². The molecule has 4 rings (SSSR count). The van der Waals surface area contributed by atoms with Crippen molar-refractivity contribution in [1.29, 1.82) is 0 Å². The van der Waals surface area contributed by atoms with E-state index in [2.05, 4.69) is 4.74 Å². The molecular weight excluding hydrogens is 396 g/mol. The second kappa shape index (κ2) is 8.56. The molecule has 2 aromatic rings. The molecule has 162 valence electrons. The van der Waals surface area contributed by atoms with E-state index in [4.69, 9.17) is 0 Å². The van der Waals surface area contributed by atoms with E-state index in [1.54, 1.807) is 6.07 Å². The lowest BCUT2D eigenvalue weighted by Gasteiger charge is -2.37. The van der Waals surface area contributed by atoms with Crippen molar-refractivity contribution in [2.24, 2.45) is 17.8 Å². The first-order chi connectivity index (χ1) is 14.3. The highest BCUT2D eigenvalue weighted by Gasteiger charge is 2.33. The molecule has 6 heteroatoms. The lowest BCUT2D eigenvalue weighted by molar-refractivity contribution is -0.275. The van der Waals surface area contributed by atoms with Crippen LogP contribution in [0.3, 0.4) is 0 Å². The Morgan fingerprint density at radius 1 is 0.867 bits per heavy atom. The average molecular weight is 422 g/mol. The van der Waals surface area contributed by atoms with Crippen LogP contribution < -0.4 is 4.74 Å². The fraction of sp³-hybridized carbons (Fsp3) is 0.542. The van der Waals surface area contributed by atoms with Crippen LogP contribution in [-0.4, -0.2) is 12.6 Å². The van der Waals surface area contributed by atoms with Crippen molar-refractivity contribution in [1.82, 2.24) is 0 Å². The molecule has 0 amide bonds. The fourth-order valence-electron chi connectivity index (χ4n) is 5.42. The molecular formula is C24H26F4O2. The summed E-state index contributed by atoms with van der Waals surface area (Å²) in [6.07, 6.45) is 4.98. The Kier molecular flexibility index (Phi) is 6.03. The molecule has 0 atom stereocenters. The van der Waals surface area contributed by atoms with E-state index in [1.807, 2.05) is 12.1 Å². The largest absolute Gasteiger partial charge is 0.573 e. The van der Waals surface area contributed by atoms with Gasteiger partial charge in [-0.25, -0.2) is 4.39 Å². The van der Waals surface area contributed by atoms with Crippen molar-refractivity contribution < 1.29 is 27.1 Å². The molecule has 0 radical (unpaired) electrons. The van der Waals surface area contributed by atoms with Crippen LogP contribution in [0, 0.1) is 23.6 Å². The van der Waals surface area contributed by atoms with Crippen molar-refractivity contribution in [3.8, 4) is 5.75 Å². The van der Waals surface area contributed by atoms with Gasteiger partial charge in [0.2, 0.25) is 0 Å². The molecule has 2 fully saturated rings. The Balaban J connectivity index is 1.42. The number of carbonyl (C=O) groups is 1. The van der Waals surface area contributed by atoms with Crippen LogP contribution in [0.15, 0.2) is 30.3 Å². The van der Waals surface area contributed by atoms with Crippen LogP contribution in [0.4, 0.5) is 17.6 Å². The summed E-state index contributed by atoms with van der Waals surface area (Å²) in [6.45, 7) is 0. The molecule has 0 unspecified atom stereocenters. The van der Waals surface area contributed by atoms with Crippen LogP contribution in [0.1, 0.15) is 62.8 Å². The maximum Gasteiger partial charge on any atom is 0.573 e. The van der Waals surface area contributed by atoms with Gasteiger partial charge in [0.25, 0.3) is 0 Å². The minimum absolute atomic E-state index is 0.140. The molecule has 0 heterocycles. The van der Waals surface area contributed by atoms with Gasteiger partial charge in [-0.05, 0) is 86.1 Å². The molecule has 2 nitrogen and oxygen atoms in total. The lowest BCUT2D eigenvalue weighted by Crippen LogP contribution is -2.25. The van der Waals surface area contributed by atoms with Gasteiger partial charge in [0.05, 0.1) is 0 Å². The van der Waals surface area contributed by atoms with Crippen molar-refractivity contribution in [2.75, 3.05) is 0 Å². The molecule has 0 saturated heterocycles. The van der Waals surface area contributed by atoms with E-state index in [1.165, 1.54) is 6.07 Å². The van der Waals surface area contributed by atoms with E-state index in [0.29, 0.717) is 17.2 Å². The number of hydrogen-bond acceptors (Lipinski definition) is 2. The van der Waals surface area contributed by atoms with Gasteiger partial charge in [0, 0.05) is 11.3 Å². The highest BCUT2D eigenvalue weighted by Crippen LogP contribution is 2.44. The summed E-state index contributed by atoms with van der Waals surface area (Å²) in [7, 11) is 0. The first-order valence-electron chi connectivity index (χ1n) is 10.8. The van der Waals surface area contributed by atoms with Gasteiger partial charge in [0.1, 0.15) is 6.29 Å². The molecule has 0 spiro atoms. The number of rotatable bonds is 4. The summed E-state index contributed by atoms with van der Waals surface area (Å²) in [4.78, 5) is 11.0. The quantitative estimate of drug-likeness (QED) is 0.386. The molecule has 2 aliphatic rings. The predicted molar refractivity (Wildman–Crippen MR) is 107 cm³/mol. The number of carbonyl (C=O) groups excluding carboxylic acids is 1. The normalized spacial score (nSPS) is 27.7. The van der Waals surface area contributed by atoms with E-state index < -0.39 is 17.9 Å². The van der Waals surface area contributed by atoms with Gasteiger partial charge in [0.15, 0.2) is 11.6 Å². The van der Waals surface area contributed by atoms with Gasteiger partial charge < -0.3 is 9.53 Å². The Hall–Kier alpha value is -2.11. The molecule has 30 heavy (non-hydrogen) atoms. The summed E-state index contributed by atoms with van der Waals surface area (Å²) < 4.78 is 55.5. The van der Waals surface area contributed by atoms with Crippen molar-refractivity contribution in [2.45, 2.75) is 63.6 Å². The second-order valence-corrected chi connectivity index (χ2v) is 8.83. The molecule has 0 aliphatic heterocycles. The van der Waals surface area contributed by atoms with Crippen molar-refractivity contribution in [3.63, 3.8) is 0 Å². The van der Waals surface area contributed by atoms with E-state index in [9.17, 15) is 22.4 Å². The highest BCUT2D eigenvalue weighted by molar-refractivity contribution is 5.85. The first-order valence-corrected chi connectivity index (χ1v) is 10.8. The Morgan fingerprint density at radius 2 is 1.50 bits per heavy atom. The van der Waals surface area contributed by atoms with Crippen LogP contribution in [0.2, 0.25) is 0 Å². The molecule has 0 bridgehead atoms. The third-order valence-electron chi connectivity index (χ3n) is 7.09. The first kappa shape index (κ1) is 21.1. The van der Waals surface area contributed by atoms with Crippen LogP contribution in [0.25, 0.3) is 10.8 Å².